The Morgan fingerprint density at radius 1 is 0.800 bits per heavy atom. The fraction of sp³-hybridized carbons (Fsp3) is 0.130. The summed E-state index contributed by atoms with van der Waals surface area (Å²) in [5.41, 5.74) is 6.28. The molecule has 4 rings (SSSR count). The molecule has 0 aliphatic carbocycles. The summed E-state index contributed by atoms with van der Waals surface area (Å²) >= 11 is 0. The zero-order valence-electron chi connectivity index (χ0n) is 14.6. The van der Waals surface area contributed by atoms with Crippen molar-refractivity contribution in [3.63, 3.8) is 0 Å². The number of aromatic nitrogens is 2. The Kier molecular flexibility index (Phi) is 4.02. The molecule has 0 radical (unpaired) electrons. The number of hydrogen-bond acceptors (Lipinski definition) is 0. The minimum atomic E-state index is 0.188. The van der Waals surface area contributed by atoms with Crippen molar-refractivity contribution < 1.29 is 0 Å². The molecule has 0 unspecified atom stereocenters. The van der Waals surface area contributed by atoms with E-state index in [0.717, 1.165) is 0 Å². The molecule has 2 nitrogen and oxygen atoms in total. The van der Waals surface area contributed by atoms with Gasteiger partial charge in [-0.05, 0) is 42.7 Å². The summed E-state index contributed by atoms with van der Waals surface area (Å²) in [6.07, 6.45) is 10.9. The summed E-state index contributed by atoms with van der Waals surface area (Å²) in [6, 6.07) is 17.0. The van der Waals surface area contributed by atoms with Gasteiger partial charge in [0.2, 0.25) is 0 Å². The number of para-hydroxylation sites is 2. The van der Waals surface area contributed by atoms with Crippen LogP contribution in [0.2, 0.25) is 0 Å². The van der Waals surface area contributed by atoms with Crippen molar-refractivity contribution in [2.75, 3.05) is 0 Å². The number of aromatic amines is 2. The molecule has 0 saturated heterocycles. The van der Waals surface area contributed by atoms with Crippen molar-refractivity contribution >= 4 is 21.8 Å². The first kappa shape index (κ1) is 15.5. The van der Waals surface area contributed by atoms with Crippen molar-refractivity contribution in [2.24, 2.45) is 0 Å². The van der Waals surface area contributed by atoms with Crippen molar-refractivity contribution in [2.45, 2.75) is 19.8 Å². The first-order valence-electron chi connectivity index (χ1n) is 8.74. The highest BCUT2D eigenvalue weighted by molar-refractivity contribution is 5.89. The molecule has 0 aliphatic rings. The zero-order chi connectivity index (χ0) is 17.2. The summed E-state index contributed by atoms with van der Waals surface area (Å²) in [7, 11) is 0. The van der Waals surface area contributed by atoms with E-state index in [9.17, 15) is 0 Å². The lowest BCUT2D eigenvalue weighted by Gasteiger charge is -2.18. The van der Waals surface area contributed by atoms with E-state index in [1.807, 2.05) is 0 Å². The Morgan fingerprint density at radius 2 is 1.32 bits per heavy atom. The number of rotatable bonds is 4. The van der Waals surface area contributed by atoms with Crippen LogP contribution >= 0.6 is 0 Å². The van der Waals surface area contributed by atoms with Gasteiger partial charge in [0.1, 0.15) is 0 Å². The van der Waals surface area contributed by atoms with Gasteiger partial charge in [-0.2, -0.15) is 0 Å². The summed E-state index contributed by atoms with van der Waals surface area (Å²) in [5, 5.41) is 2.56. The van der Waals surface area contributed by atoms with Gasteiger partial charge in [0.15, 0.2) is 0 Å². The lowest BCUT2D eigenvalue weighted by Crippen LogP contribution is -2.02. The van der Waals surface area contributed by atoms with Gasteiger partial charge < -0.3 is 9.97 Å². The normalized spacial score (nSPS) is 12.8. The fourth-order valence-electron chi connectivity index (χ4n) is 3.74. The Labute approximate surface area is 147 Å². The maximum absolute atomic E-state index is 3.44. The van der Waals surface area contributed by atoms with Crippen LogP contribution in [-0.4, -0.2) is 9.97 Å². The number of H-pyrrole nitrogens is 2. The molecule has 124 valence electrons. The van der Waals surface area contributed by atoms with Crippen LogP contribution in [0.15, 0.2) is 84.7 Å². The van der Waals surface area contributed by atoms with Gasteiger partial charge in [-0.25, -0.2) is 0 Å². The van der Waals surface area contributed by atoms with Gasteiger partial charge in [0.25, 0.3) is 0 Å². The van der Waals surface area contributed by atoms with E-state index in [1.165, 1.54) is 38.5 Å². The Morgan fingerprint density at radius 3 is 1.80 bits per heavy atom. The second-order valence-corrected chi connectivity index (χ2v) is 6.30. The van der Waals surface area contributed by atoms with E-state index >= 15 is 0 Å². The highest BCUT2D eigenvalue weighted by atomic mass is 14.7. The van der Waals surface area contributed by atoms with Crippen LogP contribution in [0, 0.1) is 0 Å². The van der Waals surface area contributed by atoms with Gasteiger partial charge in [0.05, 0.1) is 0 Å². The smallest absolute Gasteiger partial charge is 0.0457 e. The molecule has 2 aromatic carbocycles. The SMILES string of the molecule is C/C=C\C(=C/C)C(c1c[nH]c2ccccc12)c1c[nH]c2ccccc12. The number of nitrogens with one attached hydrogen (secondary N) is 2. The standard InChI is InChI=1S/C23H22N2/c1-3-9-16(4-2)23(19-14-24-21-12-7-5-10-17(19)21)20-15-25-22-13-8-6-11-18(20)22/h3-15,23-25H,1-2H3/b9-3-,16-4+. The van der Waals surface area contributed by atoms with Gasteiger partial charge >= 0.3 is 0 Å². The predicted molar refractivity (Wildman–Crippen MR) is 107 cm³/mol. The van der Waals surface area contributed by atoms with Crippen molar-refractivity contribution in [3.05, 3.63) is 95.9 Å². The summed E-state index contributed by atoms with van der Waals surface area (Å²) in [5.74, 6) is 0.188. The van der Waals surface area contributed by atoms with Crippen molar-refractivity contribution in [3.8, 4) is 0 Å². The molecule has 2 heterocycles. The minimum Gasteiger partial charge on any atom is -0.361 e. The molecule has 0 spiro atoms. The Hall–Kier alpha value is -3.00. The first-order chi connectivity index (χ1) is 12.3. The van der Waals surface area contributed by atoms with Gasteiger partial charge in [-0.1, -0.05) is 54.6 Å². The number of allylic oxidation sites excluding steroid dienone is 4. The van der Waals surface area contributed by atoms with Crippen LogP contribution in [0.1, 0.15) is 30.9 Å². The van der Waals surface area contributed by atoms with Crippen molar-refractivity contribution in [1.82, 2.24) is 9.97 Å². The van der Waals surface area contributed by atoms with Crippen LogP contribution in [0.3, 0.4) is 0 Å². The molecule has 0 atom stereocenters. The maximum atomic E-state index is 3.44. The Balaban J connectivity index is 2.00. The summed E-state index contributed by atoms with van der Waals surface area (Å²) in [6.45, 7) is 4.19. The first-order valence-corrected chi connectivity index (χ1v) is 8.74. The van der Waals surface area contributed by atoms with Crippen LogP contribution in [0.25, 0.3) is 21.8 Å². The molecule has 0 bridgehead atoms. The van der Waals surface area contributed by atoms with Crippen molar-refractivity contribution in [1.29, 1.82) is 0 Å². The molecule has 2 heteroatoms. The molecule has 0 amide bonds. The third-order valence-electron chi connectivity index (χ3n) is 4.89. The third-order valence-corrected chi connectivity index (χ3v) is 4.89. The molecule has 0 saturated carbocycles. The monoisotopic (exact) mass is 326 g/mol. The number of hydrogen-bond donors (Lipinski definition) is 2. The molecule has 4 aromatic rings. The summed E-state index contributed by atoms with van der Waals surface area (Å²) in [4.78, 5) is 6.88. The van der Waals surface area contributed by atoms with Gasteiger partial charge in [-0.15, -0.1) is 0 Å². The second-order valence-electron chi connectivity index (χ2n) is 6.30. The van der Waals surface area contributed by atoms with Crippen LogP contribution in [-0.2, 0) is 0 Å². The highest BCUT2D eigenvalue weighted by Gasteiger charge is 2.23. The molecular weight excluding hydrogens is 304 g/mol. The van der Waals surface area contributed by atoms with E-state index in [0.29, 0.717) is 0 Å². The van der Waals surface area contributed by atoms with Gasteiger partial charge in [0, 0.05) is 40.1 Å². The molecule has 25 heavy (non-hydrogen) atoms. The van der Waals surface area contributed by atoms with E-state index in [4.69, 9.17) is 0 Å². The molecule has 0 fully saturated rings. The molecule has 2 N–H and O–H groups in total. The lowest BCUT2D eigenvalue weighted by atomic mass is 9.84. The minimum absolute atomic E-state index is 0.188. The number of fused-ring (bicyclic) bond motifs is 2. The lowest BCUT2D eigenvalue weighted by molar-refractivity contribution is 0.993. The van der Waals surface area contributed by atoms with E-state index in [-0.39, 0.29) is 5.92 Å². The number of benzene rings is 2. The summed E-state index contributed by atoms with van der Waals surface area (Å²) < 4.78 is 0. The highest BCUT2D eigenvalue weighted by Crippen LogP contribution is 2.39. The molecule has 0 aliphatic heterocycles. The maximum Gasteiger partial charge on any atom is 0.0457 e. The second kappa shape index (κ2) is 6.48. The average Bonchev–Trinajstić information content (AvgIpc) is 3.27. The predicted octanol–water partition coefficient (Wildman–Crippen LogP) is 6.30. The zero-order valence-corrected chi connectivity index (χ0v) is 14.6. The Bertz CT molecular complexity index is 1000. The molecular formula is C23H22N2. The van der Waals surface area contributed by atoms with Gasteiger partial charge in [-0.3, -0.25) is 0 Å². The quantitative estimate of drug-likeness (QED) is 0.412. The molecule has 2 aromatic heterocycles. The van der Waals surface area contributed by atoms with E-state index in [2.05, 4.69) is 103 Å². The van der Waals surface area contributed by atoms with Crippen LogP contribution < -0.4 is 0 Å². The topological polar surface area (TPSA) is 31.6 Å². The van der Waals surface area contributed by atoms with E-state index in [1.54, 1.807) is 0 Å². The van der Waals surface area contributed by atoms with Crippen LogP contribution in [0.5, 0.6) is 0 Å². The third kappa shape index (κ3) is 2.60. The largest absolute Gasteiger partial charge is 0.361 e. The van der Waals surface area contributed by atoms with E-state index < -0.39 is 0 Å². The van der Waals surface area contributed by atoms with Crippen LogP contribution in [0.4, 0.5) is 0 Å². The fourth-order valence-corrected chi connectivity index (χ4v) is 3.74. The average molecular weight is 326 g/mol.